The SMILES string of the molecule is CNc1cccc([C@H]2CCCN(C(=O)c3cnccn3)C2)n1. The number of carbonyl (C=O) groups is 1. The van der Waals surface area contributed by atoms with Crippen LogP contribution in [0.4, 0.5) is 5.82 Å². The number of hydrogen-bond donors (Lipinski definition) is 1. The highest BCUT2D eigenvalue weighted by atomic mass is 16.2. The predicted molar refractivity (Wildman–Crippen MR) is 83.7 cm³/mol. The van der Waals surface area contributed by atoms with Gasteiger partial charge in [-0.05, 0) is 25.0 Å². The molecule has 114 valence electrons. The average Bonchev–Trinajstić information content (AvgIpc) is 2.62. The summed E-state index contributed by atoms with van der Waals surface area (Å²) in [5.41, 5.74) is 1.43. The lowest BCUT2D eigenvalue weighted by atomic mass is 9.94. The van der Waals surface area contributed by atoms with Crippen molar-refractivity contribution in [3.05, 3.63) is 48.2 Å². The van der Waals surface area contributed by atoms with E-state index in [-0.39, 0.29) is 11.8 Å². The van der Waals surface area contributed by atoms with Gasteiger partial charge in [-0.15, -0.1) is 0 Å². The predicted octanol–water partition coefficient (Wildman–Crippen LogP) is 1.93. The molecule has 0 saturated carbocycles. The van der Waals surface area contributed by atoms with Gasteiger partial charge in [-0.1, -0.05) is 6.07 Å². The number of anilines is 1. The maximum atomic E-state index is 12.5. The Bertz CT molecular complexity index is 646. The van der Waals surface area contributed by atoms with Gasteiger partial charge in [0.25, 0.3) is 5.91 Å². The van der Waals surface area contributed by atoms with Crippen LogP contribution >= 0.6 is 0 Å². The molecule has 22 heavy (non-hydrogen) atoms. The minimum atomic E-state index is -0.0532. The zero-order valence-electron chi connectivity index (χ0n) is 12.6. The zero-order valence-corrected chi connectivity index (χ0v) is 12.6. The lowest BCUT2D eigenvalue weighted by Gasteiger charge is -2.32. The number of rotatable bonds is 3. The number of amides is 1. The molecule has 1 amide bonds. The number of piperidine rings is 1. The molecule has 3 rings (SSSR count). The van der Waals surface area contributed by atoms with Crippen molar-refractivity contribution in [2.75, 3.05) is 25.5 Å². The van der Waals surface area contributed by atoms with Crippen LogP contribution in [0.5, 0.6) is 0 Å². The summed E-state index contributed by atoms with van der Waals surface area (Å²) < 4.78 is 0. The Morgan fingerprint density at radius 3 is 3.05 bits per heavy atom. The van der Waals surface area contributed by atoms with Crippen LogP contribution in [-0.2, 0) is 0 Å². The summed E-state index contributed by atoms with van der Waals surface area (Å²) in [5, 5.41) is 3.06. The Kier molecular flexibility index (Phi) is 4.27. The molecule has 1 aliphatic rings. The fraction of sp³-hybridized carbons (Fsp3) is 0.375. The summed E-state index contributed by atoms with van der Waals surface area (Å²) in [6.45, 7) is 1.44. The molecule has 0 radical (unpaired) electrons. The van der Waals surface area contributed by atoms with E-state index in [1.165, 1.54) is 6.20 Å². The minimum Gasteiger partial charge on any atom is -0.373 e. The van der Waals surface area contributed by atoms with Crippen LogP contribution in [-0.4, -0.2) is 45.9 Å². The van der Waals surface area contributed by atoms with E-state index >= 15 is 0 Å². The van der Waals surface area contributed by atoms with Crippen molar-refractivity contribution in [3.63, 3.8) is 0 Å². The summed E-state index contributed by atoms with van der Waals surface area (Å²) in [5.74, 6) is 1.07. The molecule has 1 N–H and O–H groups in total. The molecule has 2 aromatic heterocycles. The fourth-order valence-corrected chi connectivity index (χ4v) is 2.79. The molecule has 0 bridgehead atoms. The van der Waals surface area contributed by atoms with Gasteiger partial charge in [0.2, 0.25) is 0 Å². The molecule has 1 atom stereocenters. The van der Waals surface area contributed by atoms with Crippen molar-refractivity contribution in [1.29, 1.82) is 0 Å². The van der Waals surface area contributed by atoms with Gasteiger partial charge in [0.15, 0.2) is 0 Å². The second-order valence-corrected chi connectivity index (χ2v) is 5.38. The molecular formula is C16H19N5O. The number of aromatic nitrogens is 3. The Hall–Kier alpha value is -2.50. The van der Waals surface area contributed by atoms with E-state index in [0.29, 0.717) is 12.2 Å². The van der Waals surface area contributed by atoms with Crippen LogP contribution < -0.4 is 5.32 Å². The standard InChI is InChI=1S/C16H19N5O/c1-17-15-6-2-5-13(20-15)12-4-3-9-21(11-12)16(22)14-10-18-7-8-19-14/h2,5-8,10,12H,3-4,9,11H2,1H3,(H,17,20)/t12-/m0/s1. The molecule has 0 aromatic carbocycles. The van der Waals surface area contributed by atoms with Crippen molar-refractivity contribution >= 4 is 11.7 Å². The molecule has 1 saturated heterocycles. The minimum absolute atomic E-state index is 0.0532. The first kappa shape index (κ1) is 14.4. The van der Waals surface area contributed by atoms with Crippen molar-refractivity contribution in [2.24, 2.45) is 0 Å². The van der Waals surface area contributed by atoms with Crippen molar-refractivity contribution in [1.82, 2.24) is 19.9 Å². The van der Waals surface area contributed by atoms with Gasteiger partial charge in [0.1, 0.15) is 11.5 Å². The monoisotopic (exact) mass is 297 g/mol. The highest BCUT2D eigenvalue weighted by Crippen LogP contribution is 2.27. The van der Waals surface area contributed by atoms with E-state index in [1.807, 2.05) is 30.1 Å². The van der Waals surface area contributed by atoms with E-state index < -0.39 is 0 Å². The third kappa shape index (κ3) is 3.05. The fourth-order valence-electron chi connectivity index (χ4n) is 2.79. The third-order valence-corrected chi connectivity index (χ3v) is 3.94. The number of hydrogen-bond acceptors (Lipinski definition) is 5. The summed E-state index contributed by atoms with van der Waals surface area (Å²) in [7, 11) is 1.86. The van der Waals surface area contributed by atoms with Crippen LogP contribution in [0.2, 0.25) is 0 Å². The smallest absolute Gasteiger partial charge is 0.274 e. The van der Waals surface area contributed by atoms with Crippen LogP contribution in [0.1, 0.15) is 34.9 Å². The zero-order chi connectivity index (χ0) is 15.4. The largest absolute Gasteiger partial charge is 0.373 e. The molecule has 0 aliphatic carbocycles. The molecule has 1 fully saturated rings. The second kappa shape index (κ2) is 6.51. The maximum absolute atomic E-state index is 12.5. The lowest BCUT2D eigenvalue weighted by molar-refractivity contribution is 0.0699. The Labute approximate surface area is 129 Å². The number of nitrogens with zero attached hydrogens (tertiary/aromatic N) is 4. The second-order valence-electron chi connectivity index (χ2n) is 5.38. The molecule has 6 nitrogen and oxygen atoms in total. The number of pyridine rings is 1. The summed E-state index contributed by atoms with van der Waals surface area (Å²) >= 11 is 0. The average molecular weight is 297 g/mol. The first-order valence-electron chi connectivity index (χ1n) is 7.48. The van der Waals surface area contributed by atoms with Gasteiger partial charge in [-0.2, -0.15) is 0 Å². The molecule has 1 aliphatic heterocycles. The van der Waals surface area contributed by atoms with Gasteiger partial charge in [-0.25, -0.2) is 9.97 Å². The summed E-state index contributed by atoms with van der Waals surface area (Å²) in [6.07, 6.45) is 6.66. The molecule has 0 unspecified atom stereocenters. The van der Waals surface area contributed by atoms with Crippen molar-refractivity contribution in [2.45, 2.75) is 18.8 Å². The van der Waals surface area contributed by atoms with E-state index in [0.717, 1.165) is 30.9 Å². The van der Waals surface area contributed by atoms with Gasteiger partial charge in [0.05, 0.1) is 6.20 Å². The number of carbonyl (C=O) groups excluding carboxylic acids is 1. The lowest BCUT2D eigenvalue weighted by Crippen LogP contribution is -2.39. The molecule has 3 heterocycles. The first-order valence-corrected chi connectivity index (χ1v) is 7.48. The quantitative estimate of drug-likeness (QED) is 0.937. The maximum Gasteiger partial charge on any atom is 0.274 e. The van der Waals surface area contributed by atoms with Crippen molar-refractivity contribution < 1.29 is 4.79 Å². The topological polar surface area (TPSA) is 71.0 Å². The highest BCUT2D eigenvalue weighted by Gasteiger charge is 2.27. The van der Waals surface area contributed by atoms with Gasteiger partial charge >= 0.3 is 0 Å². The summed E-state index contributed by atoms with van der Waals surface area (Å²) in [4.78, 5) is 27.0. The van der Waals surface area contributed by atoms with Crippen LogP contribution in [0, 0.1) is 0 Å². The van der Waals surface area contributed by atoms with Gasteiger partial charge in [-0.3, -0.25) is 9.78 Å². The molecule has 0 spiro atoms. The van der Waals surface area contributed by atoms with Crippen LogP contribution in [0.15, 0.2) is 36.8 Å². The molecular weight excluding hydrogens is 278 g/mol. The molecule has 2 aromatic rings. The van der Waals surface area contributed by atoms with Gasteiger partial charge in [0, 0.05) is 44.1 Å². The third-order valence-electron chi connectivity index (χ3n) is 3.94. The van der Waals surface area contributed by atoms with Gasteiger partial charge < -0.3 is 10.2 Å². The first-order chi connectivity index (χ1) is 10.8. The Balaban J connectivity index is 1.75. The normalized spacial score (nSPS) is 18.0. The Morgan fingerprint density at radius 2 is 2.27 bits per heavy atom. The van der Waals surface area contributed by atoms with Crippen molar-refractivity contribution in [3.8, 4) is 0 Å². The van der Waals surface area contributed by atoms with E-state index in [9.17, 15) is 4.79 Å². The van der Waals surface area contributed by atoms with E-state index in [4.69, 9.17) is 0 Å². The van der Waals surface area contributed by atoms with Crippen LogP contribution in [0.3, 0.4) is 0 Å². The number of nitrogens with one attached hydrogen (secondary N) is 1. The highest BCUT2D eigenvalue weighted by molar-refractivity contribution is 5.92. The van der Waals surface area contributed by atoms with E-state index in [1.54, 1.807) is 12.4 Å². The Morgan fingerprint density at radius 1 is 1.36 bits per heavy atom. The summed E-state index contributed by atoms with van der Waals surface area (Å²) in [6, 6.07) is 5.97. The number of likely N-dealkylation sites (tertiary alicyclic amines) is 1. The van der Waals surface area contributed by atoms with Crippen LogP contribution in [0.25, 0.3) is 0 Å². The van der Waals surface area contributed by atoms with E-state index in [2.05, 4.69) is 20.3 Å². The molecule has 6 heteroatoms.